The third-order valence-electron chi connectivity index (χ3n) is 10.2. The summed E-state index contributed by atoms with van der Waals surface area (Å²) in [6, 6.07) is 13.5. The summed E-state index contributed by atoms with van der Waals surface area (Å²) in [5, 5.41) is 23.7. The molecule has 2 N–H and O–H groups in total. The maximum atomic E-state index is 13.8. The number of aromatic hydroxyl groups is 1. The Morgan fingerprint density at radius 3 is 2.69 bits per heavy atom. The minimum atomic E-state index is -0.945. The van der Waals surface area contributed by atoms with Crippen LogP contribution >= 0.6 is 0 Å². The number of hydrogen-bond donors (Lipinski definition) is 2. The zero-order chi connectivity index (χ0) is 26.9. The third-order valence-corrected chi connectivity index (χ3v) is 10.2. The first kappa shape index (κ1) is 25.2. The van der Waals surface area contributed by atoms with E-state index in [2.05, 4.69) is 18.7 Å². The molecule has 0 unspecified atom stereocenters. The molecule has 5 atom stereocenters. The van der Waals surface area contributed by atoms with Gasteiger partial charge in [-0.3, -0.25) is 9.69 Å². The molecule has 2 aliphatic heterocycles. The van der Waals surface area contributed by atoms with Crippen LogP contribution < -0.4 is 4.74 Å². The van der Waals surface area contributed by atoms with Crippen molar-refractivity contribution in [3.8, 4) is 11.5 Å². The largest absolute Gasteiger partial charge is 0.504 e. The van der Waals surface area contributed by atoms with Gasteiger partial charge in [0.25, 0.3) is 0 Å². The number of carbonyl (C=O) groups is 1. The maximum absolute atomic E-state index is 13.8. The van der Waals surface area contributed by atoms with Crippen LogP contribution in [0.15, 0.2) is 48.5 Å². The van der Waals surface area contributed by atoms with Crippen LogP contribution in [0.5, 0.6) is 11.5 Å². The second-order valence-electron chi connectivity index (χ2n) is 13.0. The lowest BCUT2D eigenvalue weighted by Crippen LogP contribution is -2.78. The fourth-order valence-electron chi connectivity index (χ4n) is 8.38. The van der Waals surface area contributed by atoms with Gasteiger partial charge in [0.05, 0.1) is 17.1 Å². The van der Waals surface area contributed by atoms with Crippen LogP contribution in [0.25, 0.3) is 6.08 Å². The van der Waals surface area contributed by atoms with Crippen molar-refractivity contribution in [3.63, 3.8) is 0 Å². The summed E-state index contributed by atoms with van der Waals surface area (Å²) in [6.07, 6.45) is 8.62. The topological polar surface area (TPSA) is 73.2 Å². The molecule has 0 radical (unpaired) electrons. The molecule has 2 heterocycles. The zero-order valence-electron chi connectivity index (χ0n) is 23.1. The molecule has 206 valence electrons. The molecule has 1 spiro atoms. The standard InChI is InChI=1S/C33H40N2O4/c1-21(2)19-35(28(37)13-10-22-6-4-3-5-7-22)25-14-15-33(38)27-18-24-11-12-26(36)30-29(24)32(33,31(25)39-30)16-17-34(27)20-23-8-9-23/h3-7,10-13,21,23,25,27,31,36,38H,8-9,14-20H2,1-2H3/t25-,27+,31-,32-,33+/m0/s1. The Labute approximate surface area is 231 Å². The van der Waals surface area contributed by atoms with E-state index >= 15 is 0 Å². The van der Waals surface area contributed by atoms with E-state index in [1.54, 1.807) is 12.1 Å². The fraction of sp³-hybridized carbons (Fsp3) is 0.545. The second-order valence-corrected chi connectivity index (χ2v) is 13.0. The van der Waals surface area contributed by atoms with Crippen LogP contribution in [0.4, 0.5) is 0 Å². The molecule has 0 aromatic heterocycles. The summed E-state index contributed by atoms with van der Waals surface area (Å²) in [5.74, 6) is 1.69. The number of likely N-dealkylation sites (tertiary alicyclic amines) is 1. The molecular weight excluding hydrogens is 488 g/mol. The second kappa shape index (κ2) is 9.10. The minimum absolute atomic E-state index is 0.0260. The van der Waals surface area contributed by atoms with Crippen molar-refractivity contribution in [2.24, 2.45) is 11.8 Å². The minimum Gasteiger partial charge on any atom is -0.504 e. The van der Waals surface area contributed by atoms with E-state index in [0.29, 0.717) is 25.1 Å². The highest BCUT2D eigenvalue weighted by atomic mass is 16.5. The number of amides is 1. The summed E-state index contributed by atoms with van der Waals surface area (Å²) in [6.45, 7) is 6.86. The van der Waals surface area contributed by atoms with Gasteiger partial charge in [-0.1, -0.05) is 50.2 Å². The molecule has 6 nitrogen and oxygen atoms in total. The first-order chi connectivity index (χ1) is 18.8. The number of phenolic OH excluding ortho intramolecular Hbond substituents is 1. The van der Waals surface area contributed by atoms with Crippen molar-refractivity contribution in [1.29, 1.82) is 0 Å². The summed E-state index contributed by atoms with van der Waals surface area (Å²) in [4.78, 5) is 18.4. The SMILES string of the molecule is CC(C)CN(C(=O)C=Cc1ccccc1)[C@H]1CC[C@@]2(O)[C@H]3Cc4ccc(O)c5c4[C@@]2(CCN3CC2CC2)[C@H]1O5. The zero-order valence-corrected chi connectivity index (χ0v) is 23.1. The Morgan fingerprint density at radius 1 is 1.15 bits per heavy atom. The van der Waals surface area contributed by atoms with Crippen molar-refractivity contribution in [3.05, 3.63) is 65.2 Å². The number of phenols is 1. The van der Waals surface area contributed by atoms with Crippen molar-refractivity contribution in [2.75, 3.05) is 19.6 Å². The third kappa shape index (κ3) is 3.78. The van der Waals surface area contributed by atoms with Crippen LogP contribution in [0.2, 0.25) is 0 Å². The lowest BCUT2D eigenvalue weighted by Gasteiger charge is -2.65. The van der Waals surface area contributed by atoms with Crippen LogP contribution in [-0.2, 0) is 16.6 Å². The number of hydrogen-bond acceptors (Lipinski definition) is 5. The summed E-state index contributed by atoms with van der Waals surface area (Å²) < 4.78 is 6.74. The van der Waals surface area contributed by atoms with E-state index in [1.807, 2.05) is 47.4 Å². The predicted molar refractivity (Wildman–Crippen MR) is 151 cm³/mol. The summed E-state index contributed by atoms with van der Waals surface area (Å²) in [7, 11) is 0. The first-order valence-electron chi connectivity index (χ1n) is 14.8. The highest BCUT2D eigenvalue weighted by Crippen LogP contribution is 2.66. The Bertz CT molecular complexity index is 1300. The van der Waals surface area contributed by atoms with Crippen LogP contribution in [0.1, 0.15) is 62.6 Å². The van der Waals surface area contributed by atoms with E-state index in [-0.39, 0.29) is 29.7 Å². The number of aliphatic hydroxyl groups is 1. The van der Waals surface area contributed by atoms with Crippen LogP contribution in [0, 0.1) is 11.8 Å². The van der Waals surface area contributed by atoms with Gasteiger partial charge in [-0.15, -0.1) is 0 Å². The number of ether oxygens (including phenoxy) is 1. The number of nitrogens with zero attached hydrogens (tertiary/aromatic N) is 2. The number of piperidine rings is 1. The first-order valence-corrected chi connectivity index (χ1v) is 14.8. The van der Waals surface area contributed by atoms with Crippen molar-refractivity contribution < 1.29 is 19.7 Å². The average Bonchev–Trinajstić information content (AvgIpc) is 3.67. The lowest BCUT2D eigenvalue weighted by atomic mass is 9.48. The molecule has 6 heteroatoms. The fourth-order valence-corrected chi connectivity index (χ4v) is 8.38. The van der Waals surface area contributed by atoms with E-state index in [4.69, 9.17) is 4.74 Å². The van der Waals surface area contributed by atoms with Gasteiger partial charge in [0.15, 0.2) is 11.5 Å². The molecule has 1 amide bonds. The Kier molecular flexibility index (Phi) is 5.87. The number of carbonyl (C=O) groups excluding carboxylic acids is 1. The Morgan fingerprint density at radius 2 is 1.95 bits per heavy atom. The lowest BCUT2D eigenvalue weighted by molar-refractivity contribution is -0.201. The highest BCUT2D eigenvalue weighted by Gasteiger charge is 2.73. The van der Waals surface area contributed by atoms with Crippen molar-refractivity contribution >= 4 is 12.0 Å². The quantitative estimate of drug-likeness (QED) is 0.517. The predicted octanol–water partition coefficient (Wildman–Crippen LogP) is 4.52. The molecular formula is C33H40N2O4. The smallest absolute Gasteiger partial charge is 0.246 e. The molecule has 2 aromatic rings. The highest BCUT2D eigenvalue weighted by molar-refractivity contribution is 5.92. The number of benzene rings is 2. The van der Waals surface area contributed by atoms with E-state index in [0.717, 1.165) is 43.0 Å². The van der Waals surface area contributed by atoms with Gasteiger partial charge in [-0.05, 0) is 80.2 Å². The van der Waals surface area contributed by atoms with E-state index in [9.17, 15) is 15.0 Å². The molecule has 3 aliphatic carbocycles. The molecule has 2 saturated carbocycles. The van der Waals surface area contributed by atoms with Crippen molar-refractivity contribution in [1.82, 2.24) is 9.80 Å². The molecule has 5 aliphatic rings. The monoisotopic (exact) mass is 528 g/mol. The summed E-state index contributed by atoms with van der Waals surface area (Å²) in [5.41, 5.74) is 1.62. The maximum Gasteiger partial charge on any atom is 0.246 e. The van der Waals surface area contributed by atoms with Gasteiger partial charge >= 0.3 is 0 Å². The van der Waals surface area contributed by atoms with Gasteiger partial charge in [-0.2, -0.15) is 0 Å². The number of rotatable bonds is 7. The Hall–Kier alpha value is -2.83. The normalized spacial score (nSPS) is 32.8. The summed E-state index contributed by atoms with van der Waals surface area (Å²) >= 11 is 0. The van der Waals surface area contributed by atoms with Gasteiger partial charge in [0, 0.05) is 30.8 Å². The van der Waals surface area contributed by atoms with Gasteiger partial charge in [0.1, 0.15) is 6.10 Å². The van der Waals surface area contributed by atoms with Gasteiger partial charge in [0.2, 0.25) is 5.91 Å². The average molecular weight is 529 g/mol. The molecule has 3 fully saturated rings. The van der Waals surface area contributed by atoms with E-state index < -0.39 is 17.1 Å². The molecule has 1 saturated heterocycles. The molecule has 7 rings (SSSR count). The molecule has 2 aromatic carbocycles. The van der Waals surface area contributed by atoms with Gasteiger partial charge < -0.3 is 19.8 Å². The van der Waals surface area contributed by atoms with Crippen molar-refractivity contribution in [2.45, 2.75) is 81.6 Å². The van der Waals surface area contributed by atoms with E-state index in [1.165, 1.54) is 18.4 Å². The van der Waals surface area contributed by atoms with Crippen LogP contribution in [0.3, 0.4) is 0 Å². The molecule has 2 bridgehead atoms. The van der Waals surface area contributed by atoms with Gasteiger partial charge in [-0.25, -0.2) is 0 Å². The molecule has 39 heavy (non-hydrogen) atoms. The van der Waals surface area contributed by atoms with Crippen LogP contribution in [-0.4, -0.2) is 69.3 Å². The Balaban J connectivity index is 1.29.